The first-order valence-electron chi connectivity index (χ1n) is 9.49. The summed E-state index contributed by atoms with van der Waals surface area (Å²) in [6.45, 7) is 6.05. The summed E-state index contributed by atoms with van der Waals surface area (Å²) in [5.74, 6) is 0.698. The number of ether oxygens (including phenoxy) is 1. The number of anilines is 1. The number of aromatic nitrogens is 4. The number of carbonyl (C=O) groups excluding carboxylic acids is 1. The lowest BCUT2D eigenvalue weighted by Gasteiger charge is -2.21. The number of thiazole rings is 2. The third-order valence-corrected chi connectivity index (χ3v) is 8.68. The second-order valence-corrected chi connectivity index (χ2v) is 11.4. The van der Waals surface area contributed by atoms with E-state index in [9.17, 15) is 4.79 Å². The molecule has 3 heterocycles. The minimum Gasteiger partial charge on any atom is -0.379 e. The summed E-state index contributed by atoms with van der Waals surface area (Å²) in [6, 6.07) is 5.76. The summed E-state index contributed by atoms with van der Waals surface area (Å²) in [5.41, 5.74) is 2.73. The van der Waals surface area contributed by atoms with Crippen molar-refractivity contribution < 1.29 is 9.53 Å². The van der Waals surface area contributed by atoms with Gasteiger partial charge < -0.3 is 10.1 Å². The molecule has 31 heavy (non-hydrogen) atoms. The van der Waals surface area contributed by atoms with E-state index in [0.717, 1.165) is 48.0 Å². The topological polar surface area (TPSA) is 89.9 Å². The Balaban J connectivity index is 1.42. The lowest BCUT2D eigenvalue weighted by Crippen LogP contribution is -2.22. The number of rotatable bonds is 8. The molecular weight excluding hydrogens is 471 g/mol. The summed E-state index contributed by atoms with van der Waals surface area (Å²) in [5, 5.41) is 9.45. The number of carbonyl (C=O) groups is 1. The van der Waals surface area contributed by atoms with E-state index in [1.54, 1.807) is 35.6 Å². The lowest BCUT2D eigenvalue weighted by atomic mass is 10.1. The van der Waals surface area contributed by atoms with E-state index in [2.05, 4.69) is 38.7 Å². The number of fused-ring (bicyclic) bond motifs is 1. The first-order valence-corrected chi connectivity index (χ1v) is 12.9. The molecule has 0 radical (unpaired) electrons. The number of methoxy groups -OCH3 is 1. The minimum absolute atomic E-state index is 0.133. The second-order valence-electron chi connectivity index (χ2n) is 7.40. The Labute approximate surface area is 196 Å². The number of amides is 1. The number of nitrogens with one attached hydrogen (secondary N) is 1. The molecule has 0 saturated carbocycles. The lowest BCUT2D eigenvalue weighted by molar-refractivity contribution is 0.0207. The molecular formula is C20H21N5O2S4. The number of hydrogen-bond donors (Lipinski definition) is 1. The highest BCUT2D eigenvalue weighted by molar-refractivity contribution is 8.01. The molecule has 0 unspecified atom stereocenters. The molecule has 4 rings (SSSR count). The maximum Gasteiger partial charge on any atom is 0.275 e. The number of benzene rings is 1. The van der Waals surface area contributed by atoms with Gasteiger partial charge >= 0.3 is 0 Å². The van der Waals surface area contributed by atoms with E-state index >= 15 is 0 Å². The zero-order valence-electron chi connectivity index (χ0n) is 17.5. The zero-order chi connectivity index (χ0) is 22.0. The summed E-state index contributed by atoms with van der Waals surface area (Å²) < 4.78 is 11.5. The van der Waals surface area contributed by atoms with Crippen molar-refractivity contribution in [1.82, 2.24) is 19.6 Å². The summed E-state index contributed by atoms with van der Waals surface area (Å²) >= 11 is 6.06. The third kappa shape index (κ3) is 5.29. The number of thioether (sulfide) groups is 1. The Kier molecular flexibility index (Phi) is 6.68. The second kappa shape index (κ2) is 9.29. The molecule has 0 fully saturated rings. The molecule has 0 aliphatic heterocycles. The van der Waals surface area contributed by atoms with Gasteiger partial charge in [-0.25, -0.2) is 9.97 Å². The molecule has 11 heteroatoms. The van der Waals surface area contributed by atoms with E-state index in [4.69, 9.17) is 4.74 Å². The van der Waals surface area contributed by atoms with Crippen LogP contribution < -0.4 is 5.32 Å². The van der Waals surface area contributed by atoms with Gasteiger partial charge in [0, 0.05) is 23.9 Å². The molecule has 1 amide bonds. The highest BCUT2D eigenvalue weighted by Crippen LogP contribution is 2.33. The SMILES string of the molecule is COC(C)(C)CCSc1nc2ccc(NC(=O)c3csc(-c4snnc4C)n3)cc2s1. The molecule has 4 aromatic rings. The van der Waals surface area contributed by atoms with Gasteiger partial charge in [0.2, 0.25) is 0 Å². The van der Waals surface area contributed by atoms with Crippen LogP contribution in [0.1, 0.15) is 36.5 Å². The number of hydrogen-bond acceptors (Lipinski definition) is 10. The molecule has 162 valence electrons. The van der Waals surface area contributed by atoms with Crippen LogP contribution in [-0.4, -0.2) is 43.9 Å². The maximum atomic E-state index is 12.7. The highest BCUT2D eigenvalue weighted by Gasteiger charge is 2.17. The van der Waals surface area contributed by atoms with Crippen molar-refractivity contribution in [3.63, 3.8) is 0 Å². The molecule has 1 aromatic carbocycles. The van der Waals surface area contributed by atoms with Crippen molar-refractivity contribution >= 4 is 67.8 Å². The van der Waals surface area contributed by atoms with Crippen molar-refractivity contribution in [2.24, 2.45) is 0 Å². The first kappa shape index (κ1) is 22.3. The van der Waals surface area contributed by atoms with Gasteiger partial charge in [-0.1, -0.05) is 16.3 Å². The van der Waals surface area contributed by atoms with Crippen LogP contribution in [0.5, 0.6) is 0 Å². The van der Waals surface area contributed by atoms with Crippen molar-refractivity contribution in [2.45, 2.75) is 37.1 Å². The summed E-state index contributed by atoms with van der Waals surface area (Å²) in [7, 11) is 1.74. The smallest absolute Gasteiger partial charge is 0.275 e. The van der Waals surface area contributed by atoms with Crippen molar-refractivity contribution in [1.29, 1.82) is 0 Å². The largest absolute Gasteiger partial charge is 0.379 e. The Morgan fingerprint density at radius 3 is 2.87 bits per heavy atom. The first-order chi connectivity index (χ1) is 14.8. The monoisotopic (exact) mass is 491 g/mol. The number of nitrogens with zero attached hydrogens (tertiary/aromatic N) is 4. The predicted molar refractivity (Wildman–Crippen MR) is 130 cm³/mol. The van der Waals surface area contributed by atoms with Crippen LogP contribution in [0.4, 0.5) is 5.69 Å². The fraction of sp³-hybridized carbons (Fsp3) is 0.350. The summed E-state index contributed by atoms with van der Waals surface area (Å²) in [4.78, 5) is 22.7. The molecule has 0 aliphatic carbocycles. The van der Waals surface area contributed by atoms with Crippen molar-refractivity contribution in [3.8, 4) is 9.88 Å². The van der Waals surface area contributed by atoms with Gasteiger partial charge in [0.05, 0.1) is 21.5 Å². The fourth-order valence-electron chi connectivity index (χ4n) is 2.63. The Hall–Kier alpha value is -1.92. The molecule has 1 N–H and O–H groups in total. The van der Waals surface area contributed by atoms with Crippen LogP contribution in [0, 0.1) is 6.92 Å². The Bertz CT molecular complexity index is 1210. The average Bonchev–Trinajstić information content (AvgIpc) is 3.46. The van der Waals surface area contributed by atoms with Crippen LogP contribution >= 0.6 is 46.0 Å². The van der Waals surface area contributed by atoms with E-state index < -0.39 is 0 Å². The predicted octanol–water partition coefficient (Wildman–Crippen LogP) is 5.74. The molecule has 0 spiro atoms. The molecule has 0 atom stereocenters. The third-order valence-electron chi connectivity index (χ3n) is 4.69. The summed E-state index contributed by atoms with van der Waals surface area (Å²) in [6.07, 6.45) is 0.943. The normalized spacial score (nSPS) is 11.9. The van der Waals surface area contributed by atoms with Crippen LogP contribution in [0.15, 0.2) is 27.9 Å². The van der Waals surface area contributed by atoms with Crippen molar-refractivity contribution in [2.75, 3.05) is 18.2 Å². The van der Waals surface area contributed by atoms with Crippen LogP contribution in [0.25, 0.3) is 20.1 Å². The van der Waals surface area contributed by atoms with Crippen LogP contribution in [0.2, 0.25) is 0 Å². The molecule has 7 nitrogen and oxygen atoms in total. The highest BCUT2D eigenvalue weighted by atomic mass is 32.2. The van der Waals surface area contributed by atoms with E-state index in [-0.39, 0.29) is 11.5 Å². The van der Waals surface area contributed by atoms with E-state index in [0.29, 0.717) is 5.69 Å². The van der Waals surface area contributed by atoms with E-state index in [1.807, 2.05) is 25.1 Å². The van der Waals surface area contributed by atoms with Crippen LogP contribution in [0.3, 0.4) is 0 Å². The van der Waals surface area contributed by atoms with Crippen molar-refractivity contribution in [3.05, 3.63) is 35.0 Å². The fourth-order valence-corrected chi connectivity index (χ4v) is 6.64. The maximum absolute atomic E-state index is 12.7. The minimum atomic E-state index is -0.238. The van der Waals surface area contributed by atoms with Gasteiger partial charge in [-0.15, -0.1) is 27.8 Å². The standard InChI is InChI=1S/C20H21N5O2S4/c1-11-16(31-25-24-11)18-22-14(10-29-18)17(26)21-12-5-6-13-15(9-12)30-19(23-13)28-8-7-20(2,3)27-4/h5-6,9-10H,7-8H2,1-4H3,(H,21,26). The van der Waals surface area contributed by atoms with Gasteiger partial charge in [0.15, 0.2) is 4.34 Å². The molecule has 3 aromatic heterocycles. The van der Waals surface area contributed by atoms with Gasteiger partial charge in [-0.05, 0) is 56.9 Å². The number of aryl methyl sites for hydroxylation is 1. The molecule has 0 bridgehead atoms. The molecule has 0 saturated heterocycles. The average molecular weight is 492 g/mol. The van der Waals surface area contributed by atoms with E-state index in [1.165, 1.54) is 22.9 Å². The van der Waals surface area contributed by atoms with Gasteiger partial charge in [-0.3, -0.25) is 4.79 Å². The molecule has 0 aliphatic rings. The Morgan fingerprint density at radius 1 is 1.29 bits per heavy atom. The quantitative estimate of drug-likeness (QED) is 0.314. The van der Waals surface area contributed by atoms with Crippen LogP contribution in [-0.2, 0) is 4.74 Å². The van der Waals surface area contributed by atoms with Gasteiger partial charge in [0.25, 0.3) is 5.91 Å². The van der Waals surface area contributed by atoms with Gasteiger partial charge in [0.1, 0.15) is 15.6 Å². The zero-order valence-corrected chi connectivity index (χ0v) is 20.7. The Morgan fingerprint density at radius 2 is 2.13 bits per heavy atom. The van der Waals surface area contributed by atoms with Gasteiger partial charge in [-0.2, -0.15) is 0 Å².